The van der Waals surface area contributed by atoms with Gasteiger partial charge in [0.2, 0.25) is 5.91 Å². The molecule has 9 rings (SSSR count). The SMILES string of the molecule is COC(=O)N[C@H](C(=O)N1CCC[C@H]1c1nc2c(ccc3cc(-c4ccc5c(ccc6[nH]c([C@@H]7C[C@H](COC(F)F)CN7C(=O)[C@H](NC(=O)OC)c7ccccc7)nc65)c4)ccc32)[nH]1)C(C)C. The van der Waals surface area contributed by atoms with Crippen molar-refractivity contribution in [1.29, 1.82) is 0 Å². The lowest BCUT2D eigenvalue weighted by Gasteiger charge is -2.29. The van der Waals surface area contributed by atoms with Gasteiger partial charge in [0.25, 0.3) is 5.91 Å². The van der Waals surface area contributed by atoms with Crippen molar-refractivity contribution in [2.75, 3.05) is 33.9 Å². The summed E-state index contributed by atoms with van der Waals surface area (Å²) in [7, 11) is 2.49. The first kappa shape index (κ1) is 44.1. The van der Waals surface area contributed by atoms with Gasteiger partial charge in [0, 0.05) is 29.8 Å². The van der Waals surface area contributed by atoms with E-state index in [4.69, 9.17) is 24.2 Å². The van der Waals surface area contributed by atoms with Crippen LogP contribution in [-0.4, -0.2) is 100 Å². The Bertz CT molecular complexity index is 2960. The van der Waals surface area contributed by atoms with E-state index >= 15 is 0 Å². The number of likely N-dealkylation sites (tertiary alicyclic amines) is 2. The Morgan fingerprint density at radius 1 is 0.742 bits per heavy atom. The van der Waals surface area contributed by atoms with Crippen LogP contribution in [0.2, 0.25) is 0 Å². The van der Waals surface area contributed by atoms with E-state index in [1.807, 2.05) is 44.2 Å². The van der Waals surface area contributed by atoms with E-state index in [0.717, 1.165) is 62.1 Å². The maximum atomic E-state index is 14.4. The quantitative estimate of drug-likeness (QED) is 0.0932. The summed E-state index contributed by atoms with van der Waals surface area (Å²) in [4.78, 5) is 73.0. The number of hydrogen-bond donors (Lipinski definition) is 4. The topological polar surface area (TPSA) is 184 Å². The molecule has 342 valence electrons. The number of halogens is 2. The van der Waals surface area contributed by atoms with E-state index in [1.54, 1.807) is 40.1 Å². The zero-order chi connectivity index (χ0) is 46.2. The van der Waals surface area contributed by atoms with Gasteiger partial charge < -0.3 is 44.6 Å². The van der Waals surface area contributed by atoms with Gasteiger partial charge in [-0.1, -0.05) is 80.6 Å². The molecule has 0 saturated carbocycles. The van der Waals surface area contributed by atoms with Crippen molar-refractivity contribution in [3.8, 4) is 11.1 Å². The molecule has 15 nitrogen and oxygen atoms in total. The fraction of sp³-hybridized carbons (Fsp3) is 0.347. The predicted octanol–water partition coefficient (Wildman–Crippen LogP) is 8.68. The number of alkyl halides is 2. The Labute approximate surface area is 378 Å². The van der Waals surface area contributed by atoms with Gasteiger partial charge in [-0.15, -0.1) is 0 Å². The number of ether oxygens (including phenoxy) is 3. The Balaban J connectivity index is 0.991. The molecule has 4 N–H and O–H groups in total. The number of carbonyl (C=O) groups is 4. The van der Waals surface area contributed by atoms with Crippen LogP contribution in [0.5, 0.6) is 0 Å². The fourth-order valence-corrected chi connectivity index (χ4v) is 9.54. The van der Waals surface area contributed by atoms with Crippen LogP contribution in [-0.2, 0) is 23.8 Å². The third-order valence-electron chi connectivity index (χ3n) is 12.8. The van der Waals surface area contributed by atoms with E-state index in [-0.39, 0.29) is 31.0 Å². The van der Waals surface area contributed by atoms with Crippen LogP contribution in [0.3, 0.4) is 0 Å². The molecule has 2 fully saturated rings. The van der Waals surface area contributed by atoms with E-state index in [0.29, 0.717) is 35.7 Å². The molecule has 66 heavy (non-hydrogen) atoms. The number of aromatic amines is 2. The summed E-state index contributed by atoms with van der Waals surface area (Å²) in [5.41, 5.74) is 5.63. The first-order valence-electron chi connectivity index (χ1n) is 22.0. The van der Waals surface area contributed by atoms with Crippen LogP contribution in [0.25, 0.3) is 54.7 Å². The van der Waals surface area contributed by atoms with Crippen molar-refractivity contribution >= 4 is 67.6 Å². The first-order valence-corrected chi connectivity index (χ1v) is 22.0. The van der Waals surface area contributed by atoms with Crippen molar-refractivity contribution < 1.29 is 42.2 Å². The first-order chi connectivity index (χ1) is 31.9. The highest BCUT2D eigenvalue weighted by Crippen LogP contribution is 2.40. The predicted molar refractivity (Wildman–Crippen MR) is 243 cm³/mol. The largest absolute Gasteiger partial charge is 0.453 e. The van der Waals surface area contributed by atoms with Gasteiger partial charge in [0.1, 0.15) is 23.7 Å². The summed E-state index contributed by atoms with van der Waals surface area (Å²) in [6.45, 7) is 1.24. The Hall–Kier alpha value is -7.14. The smallest absolute Gasteiger partial charge is 0.407 e. The van der Waals surface area contributed by atoms with Crippen LogP contribution >= 0.6 is 0 Å². The van der Waals surface area contributed by atoms with Gasteiger partial charge in [0.05, 0.1) is 55.0 Å². The summed E-state index contributed by atoms with van der Waals surface area (Å²) in [6, 6.07) is 26.5. The van der Waals surface area contributed by atoms with Gasteiger partial charge in [-0.3, -0.25) is 9.59 Å². The molecular formula is C49H50F2N8O7. The lowest BCUT2D eigenvalue weighted by molar-refractivity contribution is -0.139. The summed E-state index contributed by atoms with van der Waals surface area (Å²) in [5.74, 6) is 0.0329. The number of aromatic nitrogens is 4. The number of methoxy groups -OCH3 is 2. The second-order valence-corrected chi connectivity index (χ2v) is 17.3. The number of fused-ring (bicyclic) bond motifs is 6. The molecule has 0 aliphatic carbocycles. The molecule has 0 bridgehead atoms. The number of imidazole rings is 2. The summed E-state index contributed by atoms with van der Waals surface area (Å²) >= 11 is 0. The molecule has 7 aromatic rings. The standard InChI is InChI=1S/C49H50F2N8O7/c1-26(2)39(56-48(62)64-3)45(60)58-20-8-11-37(58)43-52-35-18-14-31-22-29(12-16-33(31)41(35)54-43)30-13-17-34-32(23-30)15-19-36-42(34)55-44(53-36)38-21-27(25-66-47(50)51)24-59(38)46(61)40(57-49(63)65-4)28-9-6-5-7-10-28/h5-7,9-10,12-19,22-23,26-27,37-40,47H,8,11,20-21,24-25H2,1-4H3,(H,52,54)(H,53,55)(H,56,62)(H,57,63)/t27-,37-,38-,39-,40+/m0/s1. The van der Waals surface area contributed by atoms with Crippen LogP contribution in [0.4, 0.5) is 18.4 Å². The molecule has 5 atom stereocenters. The lowest BCUT2D eigenvalue weighted by Crippen LogP contribution is -2.51. The van der Waals surface area contributed by atoms with Crippen molar-refractivity contribution in [3.05, 3.63) is 108 Å². The molecule has 2 aromatic heterocycles. The summed E-state index contributed by atoms with van der Waals surface area (Å²) in [5, 5.41) is 9.14. The van der Waals surface area contributed by atoms with Gasteiger partial charge in [-0.2, -0.15) is 8.78 Å². The number of benzene rings is 5. The fourth-order valence-electron chi connectivity index (χ4n) is 9.54. The van der Waals surface area contributed by atoms with Gasteiger partial charge in [0.15, 0.2) is 0 Å². The number of alkyl carbamates (subject to hydrolysis) is 2. The number of rotatable bonds is 12. The molecule has 2 aliphatic rings. The summed E-state index contributed by atoms with van der Waals surface area (Å²) in [6.07, 6.45) is 0.431. The molecule has 2 aliphatic heterocycles. The number of H-pyrrole nitrogens is 2. The molecule has 4 heterocycles. The number of amides is 4. The average Bonchev–Trinajstić information content (AvgIpc) is 4.16. The minimum Gasteiger partial charge on any atom is -0.453 e. The average molecular weight is 901 g/mol. The number of nitrogens with one attached hydrogen (secondary N) is 4. The lowest BCUT2D eigenvalue weighted by atomic mass is 9.98. The molecule has 0 unspecified atom stereocenters. The molecule has 0 spiro atoms. The number of nitrogens with zero attached hydrogens (tertiary/aromatic N) is 4. The second-order valence-electron chi connectivity index (χ2n) is 17.3. The number of hydrogen-bond acceptors (Lipinski definition) is 9. The maximum absolute atomic E-state index is 14.4. The van der Waals surface area contributed by atoms with Crippen LogP contribution in [0, 0.1) is 11.8 Å². The highest BCUT2D eigenvalue weighted by atomic mass is 19.3. The van der Waals surface area contributed by atoms with E-state index in [1.165, 1.54) is 14.2 Å². The molecular weight excluding hydrogens is 851 g/mol. The zero-order valence-corrected chi connectivity index (χ0v) is 36.8. The van der Waals surface area contributed by atoms with Gasteiger partial charge in [-0.25, -0.2) is 19.6 Å². The van der Waals surface area contributed by atoms with Crippen LogP contribution < -0.4 is 10.6 Å². The van der Waals surface area contributed by atoms with E-state index in [2.05, 4.69) is 50.9 Å². The normalized spacial score (nSPS) is 18.5. The second kappa shape index (κ2) is 18.4. The van der Waals surface area contributed by atoms with Crippen LogP contribution in [0.1, 0.15) is 68.4 Å². The van der Waals surface area contributed by atoms with Crippen molar-refractivity contribution in [2.45, 2.75) is 63.9 Å². The molecule has 17 heteroatoms. The monoisotopic (exact) mass is 900 g/mol. The third kappa shape index (κ3) is 8.57. The van der Waals surface area contributed by atoms with Gasteiger partial charge in [-0.05, 0) is 76.9 Å². The van der Waals surface area contributed by atoms with Crippen molar-refractivity contribution in [2.24, 2.45) is 11.8 Å². The molecule has 5 aromatic carbocycles. The highest BCUT2D eigenvalue weighted by Gasteiger charge is 2.42. The zero-order valence-electron chi connectivity index (χ0n) is 36.8. The van der Waals surface area contributed by atoms with Crippen molar-refractivity contribution in [1.82, 2.24) is 40.4 Å². The number of carbonyl (C=O) groups excluding carboxylic acids is 4. The minimum atomic E-state index is -2.96. The molecule has 4 amide bonds. The minimum absolute atomic E-state index is 0.110. The van der Waals surface area contributed by atoms with E-state index in [9.17, 15) is 28.0 Å². The maximum Gasteiger partial charge on any atom is 0.407 e. The molecule has 0 radical (unpaired) electrons. The van der Waals surface area contributed by atoms with Crippen LogP contribution in [0.15, 0.2) is 91.0 Å². The Kier molecular flexibility index (Phi) is 12.3. The summed E-state index contributed by atoms with van der Waals surface area (Å²) < 4.78 is 40.7. The Morgan fingerprint density at radius 2 is 1.33 bits per heavy atom. The highest BCUT2D eigenvalue weighted by molar-refractivity contribution is 6.07. The van der Waals surface area contributed by atoms with Crippen molar-refractivity contribution in [3.63, 3.8) is 0 Å². The Morgan fingerprint density at radius 3 is 1.91 bits per heavy atom. The third-order valence-corrected chi connectivity index (χ3v) is 12.8. The van der Waals surface area contributed by atoms with Gasteiger partial charge >= 0.3 is 18.8 Å². The van der Waals surface area contributed by atoms with E-state index < -0.39 is 48.7 Å². The molecule has 2 saturated heterocycles.